The van der Waals surface area contributed by atoms with Gasteiger partial charge in [-0.25, -0.2) is 0 Å². The minimum Gasteiger partial charge on any atom is -0.375 e. The van der Waals surface area contributed by atoms with Gasteiger partial charge in [0.2, 0.25) is 0 Å². The Morgan fingerprint density at radius 1 is 1.16 bits per heavy atom. The van der Waals surface area contributed by atoms with Gasteiger partial charge in [-0.1, -0.05) is 26.2 Å². The molecule has 2 saturated heterocycles. The van der Waals surface area contributed by atoms with E-state index in [4.69, 9.17) is 9.47 Å². The highest BCUT2D eigenvalue weighted by Gasteiger charge is 2.40. The topological polar surface area (TPSA) is 30.5 Å². The van der Waals surface area contributed by atoms with Gasteiger partial charge in [-0.15, -0.1) is 0 Å². The average molecular weight is 267 g/mol. The van der Waals surface area contributed by atoms with Crippen LogP contribution in [0.2, 0.25) is 0 Å². The zero-order valence-electron chi connectivity index (χ0n) is 12.3. The predicted molar refractivity (Wildman–Crippen MR) is 76.3 cm³/mol. The molecule has 1 aliphatic carbocycles. The van der Waals surface area contributed by atoms with Crippen molar-refractivity contribution in [1.29, 1.82) is 0 Å². The SMILES string of the molecule is CC1CCNCC1OC1CCOC2(CCCCC2)C1. The first kappa shape index (κ1) is 13.8. The van der Waals surface area contributed by atoms with Gasteiger partial charge in [0, 0.05) is 19.6 Å². The lowest BCUT2D eigenvalue weighted by Gasteiger charge is -2.45. The van der Waals surface area contributed by atoms with Gasteiger partial charge in [0.1, 0.15) is 0 Å². The van der Waals surface area contributed by atoms with Crippen LogP contribution in [-0.2, 0) is 9.47 Å². The van der Waals surface area contributed by atoms with Crippen LogP contribution in [0.25, 0.3) is 0 Å². The Labute approximate surface area is 117 Å². The predicted octanol–water partition coefficient (Wildman–Crippen LogP) is 2.88. The average Bonchev–Trinajstić information content (AvgIpc) is 2.42. The molecule has 0 aromatic carbocycles. The fourth-order valence-corrected chi connectivity index (χ4v) is 4.03. The zero-order chi connectivity index (χ0) is 13.1. The van der Waals surface area contributed by atoms with E-state index in [0.29, 0.717) is 18.1 Å². The van der Waals surface area contributed by atoms with Crippen molar-refractivity contribution < 1.29 is 9.47 Å². The molecule has 0 amide bonds. The van der Waals surface area contributed by atoms with Gasteiger partial charge in [0.25, 0.3) is 0 Å². The lowest BCUT2D eigenvalue weighted by Crippen LogP contribution is -2.48. The summed E-state index contributed by atoms with van der Waals surface area (Å²) in [4.78, 5) is 0. The molecule has 0 aromatic heterocycles. The Bertz CT molecular complexity index is 283. The molecule has 3 heteroatoms. The maximum absolute atomic E-state index is 6.43. The molecule has 19 heavy (non-hydrogen) atoms. The van der Waals surface area contributed by atoms with Crippen LogP contribution in [0.1, 0.15) is 58.3 Å². The highest BCUT2D eigenvalue weighted by molar-refractivity contribution is 4.91. The third kappa shape index (κ3) is 3.32. The molecule has 3 atom stereocenters. The third-order valence-corrected chi connectivity index (χ3v) is 5.34. The van der Waals surface area contributed by atoms with Crippen LogP contribution in [0.3, 0.4) is 0 Å². The summed E-state index contributed by atoms with van der Waals surface area (Å²) in [7, 11) is 0. The summed E-state index contributed by atoms with van der Waals surface area (Å²) in [5.74, 6) is 0.700. The Morgan fingerprint density at radius 3 is 2.79 bits per heavy atom. The van der Waals surface area contributed by atoms with Gasteiger partial charge in [-0.2, -0.15) is 0 Å². The molecule has 3 aliphatic rings. The molecular weight excluding hydrogens is 238 g/mol. The van der Waals surface area contributed by atoms with E-state index in [-0.39, 0.29) is 5.60 Å². The van der Waals surface area contributed by atoms with Crippen molar-refractivity contribution in [2.24, 2.45) is 5.92 Å². The second-order valence-electron chi connectivity index (χ2n) is 6.85. The fourth-order valence-electron chi connectivity index (χ4n) is 4.03. The number of ether oxygens (including phenoxy) is 2. The van der Waals surface area contributed by atoms with E-state index >= 15 is 0 Å². The second-order valence-corrected chi connectivity index (χ2v) is 6.85. The molecule has 1 saturated carbocycles. The molecular formula is C16H29NO2. The maximum Gasteiger partial charge on any atom is 0.0729 e. The molecule has 3 unspecified atom stereocenters. The molecule has 0 aromatic rings. The molecule has 3 fully saturated rings. The monoisotopic (exact) mass is 267 g/mol. The van der Waals surface area contributed by atoms with Gasteiger partial charge in [0.15, 0.2) is 0 Å². The Balaban J connectivity index is 1.55. The molecule has 0 bridgehead atoms. The van der Waals surface area contributed by atoms with Crippen molar-refractivity contribution in [3.63, 3.8) is 0 Å². The highest BCUT2D eigenvalue weighted by Crippen LogP contribution is 2.39. The Morgan fingerprint density at radius 2 is 2.00 bits per heavy atom. The van der Waals surface area contributed by atoms with Crippen molar-refractivity contribution in [3.8, 4) is 0 Å². The summed E-state index contributed by atoms with van der Waals surface area (Å²) in [5.41, 5.74) is 0.173. The maximum atomic E-state index is 6.43. The number of nitrogens with one attached hydrogen (secondary N) is 1. The molecule has 2 heterocycles. The van der Waals surface area contributed by atoms with Crippen molar-refractivity contribution in [1.82, 2.24) is 5.32 Å². The van der Waals surface area contributed by atoms with Crippen molar-refractivity contribution in [2.45, 2.75) is 76.1 Å². The summed E-state index contributed by atoms with van der Waals surface area (Å²) < 4.78 is 12.6. The van der Waals surface area contributed by atoms with E-state index in [1.54, 1.807) is 0 Å². The first-order valence-electron chi connectivity index (χ1n) is 8.28. The van der Waals surface area contributed by atoms with E-state index in [1.807, 2.05) is 0 Å². The zero-order valence-corrected chi connectivity index (χ0v) is 12.3. The van der Waals surface area contributed by atoms with Crippen molar-refractivity contribution in [3.05, 3.63) is 0 Å². The number of hydrogen-bond donors (Lipinski definition) is 1. The standard InChI is InChI=1S/C16H29NO2/c1-13-5-9-17-12-15(13)19-14-6-10-18-16(11-14)7-3-2-4-8-16/h13-15,17H,2-12H2,1H3. The number of piperidine rings is 1. The fraction of sp³-hybridized carbons (Fsp3) is 1.00. The van der Waals surface area contributed by atoms with Gasteiger partial charge in [0.05, 0.1) is 17.8 Å². The molecule has 110 valence electrons. The summed E-state index contributed by atoms with van der Waals surface area (Å²) in [5, 5.41) is 3.47. The number of rotatable bonds is 2. The smallest absolute Gasteiger partial charge is 0.0729 e. The molecule has 1 N–H and O–H groups in total. The summed E-state index contributed by atoms with van der Waals surface area (Å²) in [6.45, 7) is 5.42. The van der Waals surface area contributed by atoms with Crippen LogP contribution in [0.15, 0.2) is 0 Å². The van der Waals surface area contributed by atoms with Gasteiger partial charge in [-0.05, 0) is 38.1 Å². The van der Waals surface area contributed by atoms with Gasteiger partial charge in [-0.3, -0.25) is 0 Å². The minimum atomic E-state index is 0.173. The lowest BCUT2D eigenvalue weighted by atomic mass is 9.79. The quantitative estimate of drug-likeness (QED) is 0.834. The first-order chi connectivity index (χ1) is 9.27. The summed E-state index contributed by atoms with van der Waals surface area (Å²) in [6, 6.07) is 0. The normalized spacial score (nSPS) is 39.3. The highest BCUT2D eigenvalue weighted by atomic mass is 16.5. The molecule has 0 radical (unpaired) electrons. The van der Waals surface area contributed by atoms with Crippen LogP contribution in [0.5, 0.6) is 0 Å². The van der Waals surface area contributed by atoms with Crippen LogP contribution in [0.4, 0.5) is 0 Å². The van der Waals surface area contributed by atoms with Crippen LogP contribution >= 0.6 is 0 Å². The minimum absolute atomic E-state index is 0.173. The van der Waals surface area contributed by atoms with E-state index in [2.05, 4.69) is 12.2 Å². The van der Waals surface area contributed by atoms with Gasteiger partial charge < -0.3 is 14.8 Å². The van der Waals surface area contributed by atoms with Gasteiger partial charge >= 0.3 is 0 Å². The molecule has 3 nitrogen and oxygen atoms in total. The number of hydrogen-bond acceptors (Lipinski definition) is 3. The molecule has 3 rings (SSSR count). The van der Waals surface area contributed by atoms with E-state index in [9.17, 15) is 0 Å². The second kappa shape index (κ2) is 6.11. The molecule has 2 aliphatic heterocycles. The van der Waals surface area contributed by atoms with Crippen LogP contribution in [-0.4, -0.2) is 37.5 Å². The largest absolute Gasteiger partial charge is 0.375 e. The lowest BCUT2D eigenvalue weighted by molar-refractivity contribution is -0.167. The summed E-state index contributed by atoms with van der Waals surface area (Å²) >= 11 is 0. The van der Waals surface area contributed by atoms with E-state index in [1.165, 1.54) is 38.5 Å². The summed E-state index contributed by atoms with van der Waals surface area (Å²) in [6.07, 6.45) is 10.9. The third-order valence-electron chi connectivity index (χ3n) is 5.34. The van der Waals surface area contributed by atoms with Crippen LogP contribution in [0, 0.1) is 5.92 Å². The van der Waals surface area contributed by atoms with Crippen LogP contribution < -0.4 is 5.32 Å². The van der Waals surface area contributed by atoms with E-state index in [0.717, 1.165) is 32.5 Å². The first-order valence-corrected chi connectivity index (χ1v) is 8.28. The Kier molecular flexibility index (Phi) is 4.45. The van der Waals surface area contributed by atoms with Crippen molar-refractivity contribution >= 4 is 0 Å². The molecule has 1 spiro atoms. The van der Waals surface area contributed by atoms with E-state index < -0.39 is 0 Å². The van der Waals surface area contributed by atoms with Crippen molar-refractivity contribution in [2.75, 3.05) is 19.7 Å². The Hall–Kier alpha value is -0.120.